The zero-order valence-corrected chi connectivity index (χ0v) is 20.6. The van der Waals surface area contributed by atoms with E-state index in [1.165, 1.54) is 0 Å². The van der Waals surface area contributed by atoms with Crippen LogP contribution in [0.5, 0.6) is 17.2 Å². The molecule has 2 saturated heterocycles. The van der Waals surface area contributed by atoms with Crippen molar-refractivity contribution < 1.29 is 23.8 Å². The third-order valence-corrected chi connectivity index (χ3v) is 6.82. The highest BCUT2D eigenvalue weighted by molar-refractivity contribution is 5.92. The van der Waals surface area contributed by atoms with Crippen molar-refractivity contribution >= 4 is 17.5 Å². The van der Waals surface area contributed by atoms with E-state index >= 15 is 0 Å². The monoisotopic (exact) mass is 481 g/mol. The molecule has 2 aromatic rings. The van der Waals surface area contributed by atoms with Crippen LogP contribution in [0, 0.1) is 5.92 Å². The molecule has 2 fully saturated rings. The van der Waals surface area contributed by atoms with Crippen molar-refractivity contribution in [1.82, 2.24) is 9.80 Å². The lowest BCUT2D eigenvalue weighted by Crippen LogP contribution is -2.48. The number of benzene rings is 2. The van der Waals surface area contributed by atoms with Gasteiger partial charge in [-0.3, -0.25) is 14.5 Å². The Bertz CT molecular complexity index is 961. The predicted molar refractivity (Wildman–Crippen MR) is 134 cm³/mol. The SMILES string of the molecule is COc1cccc(OC)c1OC1CCN(CC(=O)N2CCC(C(=O)Nc3ccccc3)CC2)CC1. The number of ether oxygens (including phenoxy) is 3. The molecule has 4 rings (SSSR count). The molecule has 2 aliphatic rings. The predicted octanol–water partition coefficient (Wildman–Crippen LogP) is 3.42. The summed E-state index contributed by atoms with van der Waals surface area (Å²) in [5.74, 6) is 2.06. The molecule has 2 amide bonds. The quantitative estimate of drug-likeness (QED) is 0.622. The van der Waals surface area contributed by atoms with E-state index in [-0.39, 0.29) is 23.8 Å². The molecule has 0 saturated carbocycles. The van der Waals surface area contributed by atoms with Crippen molar-refractivity contribution in [3.63, 3.8) is 0 Å². The molecule has 8 heteroatoms. The first-order valence-corrected chi connectivity index (χ1v) is 12.3. The second kappa shape index (κ2) is 11.9. The van der Waals surface area contributed by atoms with E-state index in [2.05, 4.69) is 10.2 Å². The van der Waals surface area contributed by atoms with Crippen LogP contribution in [-0.2, 0) is 9.59 Å². The zero-order valence-electron chi connectivity index (χ0n) is 20.6. The van der Waals surface area contributed by atoms with Gasteiger partial charge < -0.3 is 24.4 Å². The van der Waals surface area contributed by atoms with Gasteiger partial charge in [-0.1, -0.05) is 24.3 Å². The first-order valence-electron chi connectivity index (χ1n) is 12.3. The van der Waals surface area contributed by atoms with Crippen molar-refractivity contribution in [3.8, 4) is 17.2 Å². The maximum atomic E-state index is 12.9. The number of hydrogen-bond acceptors (Lipinski definition) is 6. The third-order valence-electron chi connectivity index (χ3n) is 6.82. The number of hydrogen-bond donors (Lipinski definition) is 1. The summed E-state index contributed by atoms with van der Waals surface area (Å²) in [7, 11) is 3.24. The molecule has 0 aromatic heterocycles. The minimum absolute atomic E-state index is 0.0389. The third kappa shape index (κ3) is 6.45. The number of nitrogens with zero attached hydrogens (tertiary/aromatic N) is 2. The lowest BCUT2D eigenvalue weighted by atomic mass is 9.95. The second-order valence-corrected chi connectivity index (χ2v) is 9.10. The minimum atomic E-state index is -0.0564. The van der Waals surface area contributed by atoms with E-state index in [0.29, 0.717) is 49.7 Å². The summed E-state index contributed by atoms with van der Waals surface area (Å²) in [4.78, 5) is 29.5. The van der Waals surface area contributed by atoms with Crippen molar-refractivity contribution in [2.75, 3.05) is 52.3 Å². The van der Waals surface area contributed by atoms with Crippen molar-refractivity contribution in [1.29, 1.82) is 0 Å². The highest BCUT2D eigenvalue weighted by Gasteiger charge is 2.30. The summed E-state index contributed by atoms with van der Waals surface area (Å²) in [6.45, 7) is 3.25. The second-order valence-electron chi connectivity index (χ2n) is 9.10. The Morgan fingerprint density at radius 1 is 0.857 bits per heavy atom. The summed E-state index contributed by atoms with van der Waals surface area (Å²) in [6, 6.07) is 15.1. The smallest absolute Gasteiger partial charge is 0.236 e. The van der Waals surface area contributed by atoms with Gasteiger partial charge in [0, 0.05) is 37.8 Å². The Labute approximate surface area is 207 Å². The molecule has 0 spiro atoms. The Balaban J connectivity index is 1.20. The largest absolute Gasteiger partial charge is 0.493 e. The Morgan fingerprint density at radius 2 is 1.49 bits per heavy atom. The molecular weight excluding hydrogens is 446 g/mol. The molecule has 0 aliphatic carbocycles. The van der Waals surface area contributed by atoms with E-state index < -0.39 is 0 Å². The maximum Gasteiger partial charge on any atom is 0.236 e. The normalized spacial score (nSPS) is 17.6. The van der Waals surface area contributed by atoms with Crippen LogP contribution in [0.3, 0.4) is 0 Å². The van der Waals surface area contributed by atoms with Gasteiger partial charge in [-0.05, 0) is 49.9 Å². The number of methoxy groups -OCH3 is 2. The van der Waals surface area contributed by atoms with Crippen LogP contribution in [0.2, 0.25) is 0 Å². The van der Waals surface area contributed by atoms with Crippen LogP contribution in [0.4, 0.5) is 5.69 Å². The van der Waals surface area contributed by atoms with Crippen molar-refractivity contribution in [2.45, 2.75) is 31.8 Å². The standard InChI is InChI=1S/C27H35N3O5/c1-33-23-9-6-10-24(34-2)26(23)35-22-13-15-29(16-14-22)19-25(31)30-17-11-20(12-18-30)27(32)28-21-7-4-3-5-8-21/h3-10,20,22H,11-19H2,1-2H3,(H,28,32). The number of anilines is 1. The molecule has 2 aromatic carbocycles. The van der Waals surface area contributed by atoms with Crippen molar-refractivity contribution in [2.24, 2.45) is 5.92 Å². The lowest BCUT2D eigenvalue weighted by Gasteiger charge is -2.35. The molecule has 2 aliphatic heterocycles. The van der Waals surface area contributed by atoms with E-state index in [1.54, 1.807) is 14.2 Å². The minimum Gasteiger partial charge on any atom is -0.493 e. The van der Waals surface area contributed by atoms with Gasteiger partial charge in [-0.25, -0.2) is 0 Å². The van der Waals surface area contributed by atoms with Gasteiger partial charge in [-0.2, -0.15) is 0 Å². The summed E-state index contributed by atoms with van der Waals surface area (Å²) >= 11 is 0. The van der Waals surface area contributed by atoms with Crippen LogP contribution in [0.1, 0.15) is 25.7 Å². The zero-order chi connectivity index (χ0) is 24.6. The van der Waals surface area contributed by atoms with Crippen LogP contribution < -0.4 is 19.5 Å². The first kappa shape index (κ1) is 24.9. The number of likely N-dealkylation sites (tertiary alicyclic amines) is 2. The van der Waals surface area contributed by atoms with Crippen LogP contribution in [0.15, 0.2) is 48.5 Å². The van der Waals surface area contributed by atoms with Gasteiger partial charge in [-0.15, -0.1) is 0 Å². The molecule has 8 nitrogen and oxygen atoms in total. The number of piperidine rings is 2. The number of rotatable bonds is 8. The fourth-order valence-corrected chi connectivity index (χ4v) is 4.73. The van der Waals surface area contributed by atoms with Gasteiger partial charge in [0.2, 0.25) is 17.6 Å². The molecule has 35 heavy (non-hydrogen) atoms. The fourth-order valence-electron chi connectivity index (χ4n) is 4.73. The van der Waals surface area contributed by atoms with E-state index in [1.807, 2.05) is 53.4 Å². The van der Waals surface area contributed by atoms with E-state index in [9.17, 15) is 9.59 Å². The number of para-hydroxylation sites is 2. The van der Waals surface area contributed by atoms with Crippen LogP contribution in [-0.4, -0.2) is 74.7 Å². The van der Waals surface area contributed by atoms with E-state index in [4.69, 9.17) is 14.2 Å². The van der Waals surface area contributed by atoms with Gasteiger partial charge in [0.15, 0.2) is 11.5 Å². The highest BCUT2D eigenvalue weighted by atomic mass is 16.5. The Kier molecular flexibility index (Phi) is 8.47. The average Bonchev–Trinajstić information content (AvgIpc) is 2.90. The number of carbonyl (C=O) groups excluding carboxylic acids is 2. The number of amides is 2. The van der Waals surface area contributed by atoms with Gasteiger partial charge >= 0.3 is 0 Å². The molecule has 0 bridgehead atoms. The summed E-state index contributed by atoms with van der Waals surface area (Å²) in [5, 5.41) is 2.98. The molecular formula is C27H35N3O5. The molecule has 0 unspecified atom stereocenters. The summed E-state index contributed by atoms with van der Waals surface area (Å²) in [5.41, 5.74) is 0.813. The number of nitrogens with one attached hydrogen (secondary N) is 1. The molecule has 1 N–H and O–H groups in total. The van der Waals surface area contributed by atoms with Gasteiger partial charge in [0.05, 0.1) is 20.8 Å². The number of carbonyl (C=O) groups is 2. The summed E-state index contributed by atoms with van der Waals surface area (Å²) in [6.07, 6.45) is 3.10. The van der Waals surface area contributed by atoms with Crippen LogP contribution >= 0.6 is 0 Å². The lowest BCUT2D eigenvalue weighted by molar-refractivity contribution is -0.136. The van der Waals surface area contributed by atoms with Crippen LogP contribution in [0.25, 0.3) is 0 Å². The van der Waals surface area contributed by atoms with Crippen molar-refractivity contribution in [3.05, 3.63) is 48.5 Å². The van der Waals surface area contributed by atoms with Gasteiger partial charge in [0.25, 0.3) is 0 Å². The average molecular weight is 482 g/mol. The molecule has 188 valence electrons. The fraction of sp³-hybridized carbons (Fsp3) is 0.481. The van der Waals surface area contributed by atoms with E-state index in [0.717, 1.165) is 31.6 Å². The Hall–Kier alpha value is -3.26. The topological polar surface area (TPSA) is 80.3 Å². The summed E-state index contributed by atoms with van der Waals surface area (Å²) < 4.78 is 17.1. The molecule has 2 heterocycles. The first-order chi connectivity index (χ1) is 17.1. The Morgan fingerprint density at radius 3 is 2.09 bits per heavy atom. The van der Waals surface area contributed by atoms with Gasteiger partial charge in [0.1, 0.15) is 6.10 Å². The highest BCUT2D eigenvalue weighted by Crippen LogP contribution is 2.38. The molecule has 0 atom stereocenters. The molecule has 0 radical (unpaired) electrons. The maximum absolute atomic E-state index is 12.9.